The molecule has 2 fully saturated rings. The van der Waals surface area contributed by atoms with Crippen molar-refractivity contribution in [1.82, 2.24) is 4.90 Å². The third-order valence-electron chi connectivity index (χ3n) is 5.56. The zero-order chi connectivity index (χ0) is 12.5. The van der Waals surface area contributed by atoms with Gasteiger partial charge in [0.15, 0.2) is 0 Å². The van der Waals surface area contributed by atoms with Gasteiger partial charge in [0, 0.05) is 11.6 Å². The first kappa shape index (κ1) is 13.4. The van der Waals surface area contributed by atoms with Crippen molar-refractivity contribution in [2.75, 3.05) is 14.1 Å². The van der Waals surface area contributed by atoms with Gasteiger partial charge >= 0.3 is 0 Å². The van der Waals surface area contributed by atoms with Crippen LogP contribution in [0.3, 0.4) is 0 Å². The number of rotatable bonds is 3. The Kier molecular flexibility index (Phi) is 4.14. The summed E-state index contributed by atoms with van der Waals surface area (Å²) in [6.45, 7) is 2.39. The summed E-state index contributed by atoms with van der Waals surface area (Å²) in [5, 5.41) is 0. The Balaban J connectivity index is 2.10. The van der Waals surface area contributed by atoms with Gasteiger partial charge in [0.1, 0.15) is 0 Å². The van der Waals surface area contributed by atoms with Crippen LogP contribution in [0.4, 0.5) is 0 Å². The molecule has 0 aromatic rings. The van der Waals surface area contributed by atoms with Crippen molar-refractivity contribution in [2.45, 2.75) is 69.9 Å². The molecule has 2 heteroatoms. The van der Waals surface area contributed by atoms with Crippen molar-refractivity contribution in [3.8, 4) is 0 Å². The lowest BCUT2D eigenvalue weighted by molar-refractivity contribution is 0.0372. The molecule has 100 valence electrons. The van der Waals surface area contributed by atoms with Crippen LogP contribution in [0.2, 0.25) is 0 Å². The largest absolute Gasteiger partial charge is 0.326 e. The van der Waals surface area contributed by atoms with E-state index >= 15 is 0 Å². The van der Waals surface area contributed by atoms with Gasteiger partial charge in [-0.25, -0.2) is 0 Å². The van der Waals surface area contributed by atoms with Crippen LogP contribution in [0.5, 0.6) is 0 Å². The Labute approximate surface area is 107 Å². The van der Waals surface area contributed by atoms with Gasteiger partial charge in [-0.2, -0.15) is 0 Å². The number of nitrogens with zero attached hydrogens (tertiary/aromatic N) is 1. The van der Waals surface area contributed by atoms with Gasteiger partial charge < -0.3 is 10.6 Å². The maximum atomic E-state index is 6.69. The predicted octanol–water partition coefficient (Wildman–Crippen LogP) is 3.01. The summed E-state index contributed by atoms with van der Waals surface area (Å²) in [6.07, 6.45) is 10.9. The van der Waals surface area contributed by atoms with Gasteiger partial charge in [-0.05, 0) is 64.5 Å². The molecule has 2 aliphatic rings. The lowest BCUT2D eigenvalue weighted by Crippen LogP contribution is -2.61. The van der Waals surface area contributed by atoms with Gasteiger partial charge in [-0.1, -0.05) is 19.8 Å². The lowest BCUT2D eigenvalue weighted by Gasteiger charge is -2.50. The number of hydrogen-bond donors (Lipinski definition) is 1. The van der Waals surface area contributed by atoms with Crippen molar-refractivity contribution in [3.05, 3.63) is 0 Å². The monoisotopic (exact) mass is 238 g/mol. The summed E-state index contributed by atoms with van der Waals surface area (Å²) in [5.74, 6) is 1.68. The van der Waals surface area contributed by atoms with Crippen LogP contribution in [0, 0.1) is 11.8 Å². The lowest BCUT2D eigenvalue weighted by atomic mass is 9.69. The van der Waals surface area contributed by atoms with Crippen LogP contribution >= 0.6 is 0 Å². The maximum absolute atomic E-state index is 6.69. The summed E-state index contributed by atoms with van der Waals surface area (Å²) >= 11 is 0. The van der Waals surface area contributed by atoms with Crippen molar-refractivity contribution in [2.24, 2.45) is 17.6 Å². The van der Waals surface area contributed by atoms with Crippen LogP contribution in [-0.2, 0) is 0 Å². The molecule has 0 saturated heterocycles. The van der Waals surface area contributed by atoms with E-state index < -0.39 is 0 Å². The molecule has 0 aromatic carbocycles. The minimum Gasteiger partial charge on any atom is -0.326 e. The molecule has 0 aliphatic heterocycles. The van der Waals surface area contributed by atoms with Gasteiger partial charge in [0.2, 0.25) is 0 Å². The summed E-state index contributed by atoms with van der Waals surface area (Å²) in [4.78, 5) is 2.45. The van der Waals surface area contributed by atoms with E-state index in [9.17, 15) is 0 Å². The predicted molar refractivity (Wildman–Crippen MR) is 74.0 cm³/mol. The molecule has 0 spiro atoms. The molecule has 2 saturated carbocycles. The Morgan fingerprint density at radius 3 is 2.06 bits per heavy atom. The molecular formula is C15H30N2. The van der Waals surface area contributed by atoms with E-state index in [1.165, 1.54) is 51.4 Å². The first-order valence-corrected chi connectivity index (χ1v) is 7.49. The summed E-state index contributed by atoms with van der Waals surface area (Å²) < 4.78 is 0. The van der Waals surface area contributed by atoms with Crippen molar-refractivity contribution >= 4 is 0 Å². The van der Waals surface area contributed by atoms with Crippen LogP contribution in [-0.4, -0.2) is 30.6 Å². The van der Waals surface area contributed by atoms with Crippen molar-refractivity contribution < 1.29 is 0 Å². The fourth-order valence-electron chi connectivity index (χ4n) is 4.10. The minimum atomic E-state index is 0.293. The average molecular weight is 238 g/mol. The zero-order valence-electron chi connectivity index (χ0n) is 11.9. The molecule has 1 atom stereocenters. The highest BCUT2D eigenvalue weighted by Gasteiger charge is 2.44. The molecule has 2 rings (SSSR count). The van der Waals surface area contributed by atoms with Crippen molar-refractivity contribution in [1.29, 1.82) is 0 Å². The smallest absolute Gasteiger partial charge is 0.0357 e. The van der Waals surface area contributed by atoms with E-state index in [-0.39, 0.29) is 0 Å². The number of nitrogens with two attached hydrogens (primary N) is 1. The second-order valence-electron chi connectivity index (χ2n) is 6.75. The Morgan fingerprint density at radius 1 is 1.06 bits per heavy atom. The van der Waals surface area contributed by atoms with Gasteiger partial charge in [-0.3, -0.25) is 0 Å². The minimum absolute atomic E-state index is 0.293. The Bertz CT molecular complexity index is 235. The molecule has 0 aromatic heterocycles. The SMILES string of the molecule is CC1CCC(C(N)C2CCCC2)(N(C)C)CC1. The second kappa shape index (κ2) is 5.27. The summed E-state index contributed by atoms with van der Waals surface area (Å²) in [5.41, 5.74) is 6.99. The zero-order valence-corrected chi connectivity index (χ0v) is 11.9. The van der Waals surface area contributed by atoms with Crippen molar-refractivity contribution in [3.63, 3.8) is 0 Å². The van der Waals surface area contributed by atoms with Gasteiger partial charge in [0.25, 0.3) is 0 Å². The van der Waals surface area contributed by atoms with E-state index in [0.717, 1.165) is 11.8 Å². The molecule has 0 heterocycles. The third kappa shape index (κ3) is 2.53. The van der Waals surface area contributed by atoms with E-state index in [2.05, 4.69) is 25.9 Å². The number of likely N-dealkylation sites (N-methyl/N-ethyl adjacent to an activating group) is 1. The molecule has 17 heavy (non-hydrogen) atoms. The molecule has 0 bridgehead atoms. The maximum Gasteiger partial charge on any atom is 0.0357 e. The molecule has 0 radical (unpaired) electrons. The first-order valence-electron chi connectivity index (χ1n) is 7.49. The van der Waals surface area contributed by atoms with Crippen LogP contribution in [0.25, 0.3) is 0 Å². The normalized spacial score (nSPS) is 37.6. The molecular weight excluding hydrogens is 208 g/mol. The quantitative estimate of drug-likeness (QED) is 0.819. The fraction of sp³-hybridized carbons (Fsp3) is 1.00. The van der Waals surface area contributed by atoms with Gasteiger partial charge in [-0.15, -0.1) is 0 Å². The molecule has 2 aliphatic carbocycles. The van der Waals surface area contributed by atoms with Crippen LogP contribution in [0.1, 0.15) is 58.3 Å². The van der Waals surface area contributed by atoms with E-state index in [1.807, 2.05) is 0 Å². The van der Waals surface area contributed by atoms with E-state index in [4.69, 9.17) is 5.73 Å². The topological polar surface area (TPSA) is 29.3 Å². The Morgan fingerprint density at radius 2 is 1.59 bits per heavy atom. The molecule has 2 N–H and O–H groups in total. The number of hydrogen-bond acceptors (Lipinski definition) is 2. The van der Waals surface area contributed by atoms with Gasteiger partial charge in [0.05, 0.1) is 0 Å². The summed E-state index contributed by atoms with van der Waals surface area (Å²) in [6, 6.07) is 0.396. The first-order chi connectivity index (χ1) is 8.06. The van der Waals surface area contributed by atoms with Crippen LogP contribution < -0.4 is 5.73 Å². The molecule has 0 amide bonds. The highest BCUT2D eigenvalue weighted by atomic mass is 15.2. The molecule has 1 unspecified atom stereocenters. The average Bonchev–Trinajstić information content (AvgIpc) is 2.82. The Hall–Kier alpha value is -0.0800. The molecule has 2 nitrogen and oxygen atoms in total. The third-order valence-corrected chi connectivity index (χ3v) is 5.56. The highest BCUT2D eigenvalue weighted by molar-refractivity contribution is 5.03. The standard InChI is InChI=1S/C15H30N2/c1-12-8-10-15(11-9-12,17(2)3)14(16)13-6-4-5-7-13/h12-14H,4-11,16H2,1-3H3. The van der Waals surface area contributed by atoms with E-state index in [1.54, 1.807) is 0 Å². The fourth-order valence-corrected chi connectivity index (χ4v) is 4.10. The summed E-state index contributed by atoms with van der Waals surface area (Å²) in [7, 11) is 4.48. The van der Waals surface area contributed by atoms with E-state index in [0.29, 0.717) is 11.6 Å². The highest BCUT2D eigenvalue weighted by Crippen LogP contribution is 2.42. The van der Waals surface area contributed by atoms with Crippen LogP contribution in [0.15, 0.2) is 0 Å². The second-order valence-corrected chi connectivity index (χ2v) is 6.75.